The Bertz CT molecular complexity index is 868. The third kappa shape index (κ3) is 4.66. The number of aliphatic carboxylic acids is 1. The second-order valence-corrected chi connectivity index (χ2v) is 6.88. The number of hydrogen-bond acceptors (Lipinski definition) is 3. The van der Waals surface area contributed by atoms with Crippen LogP contribution in [0.25, 0.3) is 0 Å². The maximum absolute atomic E-state index is 11.8. The summed E-state index contributed by atoms with van der Waals surface area (Å²) in [5.41, 5.74) is 2.90. The molecule has 0 bridgehead atoms. The maximum Gasteiger partial charge on any atom is 0.334 e. The van der Waals surface area contributed by atoms with Crippen LogP contribution in [0.15, 0.2) is 91.0 Å². The lowest BCUT2D eigenvalue weighted by Crippen LogP contribution is -2.41. The standard InChI is InChI=1S/C24H25NO3/c1-18(20-13-7-3-8-14-20)25(17-19-11-5-2-6-12-19)22(23(26)24(27)28)21-15-9-4-10-16-21/h2-16,18,22-23,26H,17H2,1H3,(H,27,28)/t18-,22-,23-/m1/s1. The summed E-state index contributed by atoms with van der Waals surface area (Å²) >= 11 is 0. The van der Waals surface area contributed by atoms with Gasteiger partial charge < -0.3 is 10.2 Å². The molecule has 3 aromatic rings. The number of rotatable bonds is 8. The zero-order chi connectivity index (χ0) is 19.9. The minimum absolute atomic E-state index is 0.0967. The molecule has 28 heavy (non-hydrogen) atoms. The van der Waals surface area contributed by atoms with Gasteiger partial charge in [0, 0.05) is 12.6 Å². The molecule has 4 heteroatoms. The molecule has 4 nitrogen and oxygen atoms in total. The van der Waals surface area contributed by atoms with Crippen LogP contribution in [0.3, 0.4) is 0 Å². The average molecular weight is 375 g/mol. The summed E-state index contributed by atoms with van der Waals surface area (Å²) in [4.78, 5) is 13.8. The predicted octanol–water partition coefficient (Wildman–Crippen LogP) is 4.44. The maximum atomic E-state index is 11.8. The van der Waals surface area contributed by atoms with Crippen molar-refractivity contribution in [1.29, 1.82) is 0 Å². The van der Waals surface area contributed by atoms with E-state index < -0.39 is 18.1 Å². The van der Waals surface area contributed by atoms with Crippen molar-refractivity contribution in [3.8, 4) is 0 Å². The van der Waals surface area contributed by atoms with E-state index in [1.165, 1.54) is 0 Å². The number of nitrogens with zero attached hydrogens (tertiary/aromatic N) is 1. The Morgan fingerprint density at radius 2 is 1.29 bits per heavy atom. The van der Waals surface area contributed by atoms with E-state index in [0.29, 0.717) is 6.54 Å². The molecule has 3 atom stereocenters. The molecule has 2 N–H and O–H groups in total. The zero-order valence-corrected chi connectivity index (χ0v) is 15.8. The van der Waals surface area contributed by atoms with Gasteiger partial charge in [-0.2, -0.15) is 0 Å². The molecule has 0 aliphatic rings. The number of carboxylic acids is 1. The van der Waals surface area contributed by atoms with Crippen LogP contribution < -0.4 is 0 Å². The molecular formula is C24H25NO3. The van der Waals surface area contributed by atoms with Crippen LogP contribution >= 0.6 is 0 Å². The van der Waals surface area contributed by atoms with Crippen molar-refractivity contribution >= 4 is 5.97 Å². The summed E-state index contributed by atoms with van der Waals surface area (Å²) in [5, 5.41) is 20.2. The van der Waals surface area contributed by atoms with Gasteiger partial charge in [-0.1, -0.05) is 91.0 Å². The summed E-state index contributed by atoms with van der Waals surface area (Å²) in [6, 6.07) is 28.4. The highest BCUT2D eigenvalue weighted by Crippen LogP contribution is 2.34. The first-order valence-electron chi connectivity index (χ1n) is 9.38. The number of aliphatic hydroxyl groups excluding tert-OH is 1. The molecule has 0 spiro atoms. The molecule has 0 saturated heterocycles. The van der Waals surface area contributed by atoms with E-state index in [9.17, 15) is 15.0 Å². The first-order chi connectivity index (χ1) is 13.6. The second-order valence-electron chi connectivity index (χ2n) is 6.88. The molecule has 0 unspecified atom stereocenters. The van der Waals surface area contributed by atoms with Crippen molar-refractivity contribution in [3.63, 3.8) is 0 Å². The Kier molecular flexibility index (Phi) is 6.58. The minimum atomic E-state index is -1.54. The Balaban J connectivity index is 2.06. The smallest absolute Gasteiger partial charge is 0.334 e. The lowest BCUT2D eigenvalue weighted by Gasteiger charge is -2.38. The van der Waals surface area contributed by atoms with Crippen LogP contribution in [0, 0.1) is 0 Å². The Hall–Kier alpha value is -2.95. The molecule has 3 aromatic carbocycles. The Labute approximate surface area is 165 Å². The largest absolute Gasteiger partial charge is 0.479 e. The monoisotopic (exact) mass is 375 g/mol. The molecule has 0 saturated carbocycles. The highest BCUT2D eigenvalue weighted by atomic mass is 16.4. The van der Waals surface area contributed by atoms with E-state index in [2.05, 4.69) is 4.90 Å². The molecule has 3 rings (SSSR count). The van der Waals surface area contributed by atoms with Crippen LogP contribution in [0.5, 0.6) is 0 Å². The quantitative estimate of drug-likeness (QED) is 0.611. The summed E-state index contributed by atoms with van der Waals surface area (Å²) in [6.45, 7) is 2.56. The second kappa shape index (κ2) is 9.31. The summed E-state index contributed by atoms with van der Waals surface area (Å²) in [7, 11) is 0. The minimum Gasteiger partial charge on any atom is -0.479 e. The van der Waals surface area contributed by atoms with Crippen molar-refractivity contribution in [2.75, 3.05) is 0 Å². The highest BCUT2D eigenvalue weighted by Gasteiger charge is 2.35. The van der Waals surface area contributed by atoms with Crippen LogP contribution in [-0.2, 0) is 11.3 Å². The van der Waals surface area contributed by atoms with Gasteiger partial charge in [0.15, 0.2) is 6.10 Å². The first-order valence-corrected chi connectivity index (χ1v) is 9.38. The number of aliphatic hydroxyl groups is 1. The summed E-state index contributed by atoms with van der Waals surface area (Å²) < 4.78 is 0. The van der Waals surface area contributed by atoms with Gasteiger partial charge in [0.25, 0.3) is 0 Å². The average Bonchev–Trinajstić information content (AvgIpc) is 2.74. The first kappa shape index (κ1) is 19.8. The Morgan fingerprint density at radius 3 is 1.79 bits per heavy atom. The van der Waals surface area contributed by atoms with Crippen molar-refractivity contribution in [1.82, 2.24) is 4.90 Å². The van der Waals surface area contributed by atoms with E-state index in [1.54, 1.807) is 0 Å². The lowest BCUT2D eigenvalue weighted by atomic mass is 9.95. The number of carbonyl (C=O) groups is 1. The van der Waals surface area contributed by atoms with Crippen LogP contribution in [0.1, 0.15) is 35.7 Å². The van der Waals surface area contributed by atoms with Crippen molar-refractivity contribution in [3.05, 3.63) is 108 Å². The SMILES string of the molecule is C[C@H](c1ccccc1)N(Cc1ccccc1)[C@H](c1ccccc1)[C@@H](O)C(=O)O. The fourth-order valence-corrected chi connectivity index (χ4v) is 3.53. The van der Waals surface area contributed by atoms with Gasteiger partial charge in [-0.15, -0.1) is 0 Å². The number of hydrogen-bond donors (Lipinski definition) is 2. The Morgan fingerprint density at radius 1 is 0.821 bits per heavy atom. The lowest BCUT2D eigenvalue weighted by molar-refractivity contribution is -0.151. The summed E-state index contributed by atoms with van der Waals surface area (Å²) in [6.07, 6.45) is -1.54. The third-order valence-electron chi connectivity index (χ3n) is 5.04. The zero-order valence-electron chi connectivity index (χ0n) is 15.8. The molecule has 0 aliphatic carbocycles. The molecule has 0 aromatic heterocycles. The van der Waals surface area contributed by atoms with Crippen molar-refractivity contribution in [2.24, 2.45) is 0 Å². The van der Waals surface area contributed by atoms with Crippen LogP contribution in [0.2, 0.25) is 0 Å². The molecular weight excluding hydrogens is 350 g/mol. The van der Waals surface area contributed by atoms with E-state index in [-0.39, 0.29) is 6.04 Å². The topological polar surface area (TPSA) is 60.8 Å². The van der Waals surface area contributed by atoms with E-state index in [4.69, 9.17) is 0 Å². The number of carboxylic acid groups (broad SMARTS) is 1. The predicted molar refractivity (Wildman–Crippen MR) is 110 cm³/mol. The molecule has 0 fully saturated rings. The fraction of sp³-hybridized carbons (Fsp3) is 0.208. The molecule has 0 amide bonds. The number of benzene rings is 3. The van der Waals surface area contributed by atoms with Gasteiger partial charge >= 0.3 is 5.97 Å². The highest BCUT2D eigenvalue weighted by molar-refractivity contribution is 5.73. The van der Waals surface area contributed by atoms with Gasteiger partial charge in [0.1, 0.15) is 0 Å². The van der Waals surface area contributed by atoms with Gasteiger partial charge in [-0.05, 0) is 23.6 Å². The molecule has 0 radical (unpaired) electrons. The van der Waals surface area contributed by atoms with Crippen LogP contribution in [0.4, 0.5) is 0 Å². The van der Waals surface area contributed by atoms with Gasteiger partial charge in [0.05, 0.1) is 6.04 Å². The molecule has 0 heterocycles. The molecule has 144 valence electrons. The van der Waals surface area contributed by atoms with Gasteiger partial charge in [-0.3, -0.25) is 4.90 Å². The third-order valence-corrected chi connectivity index (χ3v) is 5.04. The fourth-order valence-electron chi connectivity index (χ4n) is 3.53. The van der Waals surface area contributed by atoms with Crippen molar-refractivity contribution in [2.45, 2.75) is 31.7 Å². The normalized spacial score (nSPS) is 14.4. The van der Waals surface area contributed by atoms with E-state index in [0.717, 1.165) is 16.7 Å². The van der Waals surface area contributed by atoms with Gasteiger partial charge in [0.2, 0.25) is 0 Å². The van der Waals surface area contributed by atoms with Crippen LogP contribution in [-0.4, -0.2) is 27.2 Å². The summed E-state index contributed by atoms with van der Waals surface area (Å²) in [5.74, 6) is -1.23. The molecule has 0 aliphatic heterocycles. The van der Waals surface area contributed by atoms with E-state index >= 15 is 0 Å². The van der Waals surface area contributed by atoms with Crippen molar-refractivity contribution < 1.29 is 15.0 Å². The van der Waals surface area contributed by atoms with Gasteiger partial charge in [-0.25, -0.2) is 4.79 Å². The van der Waals surface area contributed by atoms with E-state index in [1.807, 2.05) is 97.9 Å².